The highest BCUT2D eigenvalue weighted by atomic mass is 16.2. The van der Waals surface area contributed by atoms with Crippen LogP contribution in [0.25, 0.3) is 11.3 Å². The summed E-state index contributed by atoms with van der Waals surface area (Å²) in [5.74, 6) is -0.240. The molecule has 7 heteroatoms. The summed E-state index contributed by atoms with van der Waals surface area (Å²) in [5.41, 5.74) is 5.45. The number of carbonyl (C=O) groups excluding carboxylic acids is 2. The maximum atomic E-state index is 12.3. The van der Waals surface area contributed by atoms with Crippen LogP contribution in [0.15, 0.2) is 24.4 Å². The van der Waals surface area contributed by atoms with Crippen molar-refractivity contribution in [1.29, 1.82) is 0 Å². The maximum absolute atomic E-state index is 12.3. The molecule has 0 aliphatic carbocycles. The number of aryl methyl sites for hydroxylation is 2. The Balaban J connectivity index is 1.86. The lowest BCUT2D eigenvalue weighted by atomic mass is 9.99. The molecule has 2 heterocycles. The van der Waals surface area contributed by atoms with Crippen LogP contribution in [0.4, 0.5) is 0 Å². The second-order valence-electron chi connectivity index (χ2n) is 6.74. The Kier molecular flexibility index (Phi) is 5.37. The summed E-state index contributed by atoms with van der Waals surface area (Å²) in [7, 11) is 1.59. The molecule has 1 aliphatic heterocycles. The first-order valence-corrected chi connectivity index (χ1v) is 8.82. The molecular formula is C19H25N5O2. The van der Waals surface area contributed by atoms with Gasteiger partial charge in [0.2, 0.25) is 11.8 Å². The van der Waals surface area contributed by atoms with Crippen LogP contribution < -0.4 is 10.6 Å². The number of carbonyl (C=O) groups is 2. The third-order valence-electron chi connectivity index (χ3n) is 4.85. The van der Waals surface area contributed by atoms with Crippen LogP contribution >= 0.6 is 0 Å². The van der Waals surface area contributed by atoms with E-state index in [4.69, 9.17) is 0 Å². The fraction of sp³-hybridized carbons (Fsp3) is 0.421. The Labute approximate surface area is 153 Å². The predicted molar refractivity (Wildman–Crippen MR) is 99.4 cm³/mol. The molecule has 1 saturated heterocycles. The van der Waals surface area contributed by atoms with Crippen LogP contribution in [-0.4, -0.2) is 53.1 Å². The number of piperazine rings is 1. The minimum absolute atomic E-state index is 0.100. The van der Waals surface area contributed by atoms with Crippen molar-refractivity contribution >= 4 is 11.8 Å². The minimum atomic E-state index is -0.468. The average Bonchev–Trinajstić information content (AvgIpc) is 3.07. The summed E-state index contributed by atoms with van der Waals surface area (Å²) >= 11 is 0. The van der Waals surface area contributed by atoms with Crippen LogP contribution in [0.2, 0.25) is 0 Å². The molecule has 0 saturated carbocycles. The third-order valence-corrected chi connectivity index (χ3v) is 4.85. The molecule has 0 unspecified atom stereocenters. The first-order valence-electron chi connectivity index (χ1n) is 8.82. The molecule has 2 amide bonds. The minimum Gasteiger partial charge on any atom is -0.359 e. The highest BCUT2D eigenvalue weighted by Gasteiger charge is 2.32. The first kappa shape index (κ1) is 18.1. The van der Waals surface area contributed by atoms with Gasteiger partial charge in [-0.2, -0.15) is 5.10 Å². The number of amides is 2. The molecule has 3 rings (SSSR count). The van der Waals surface area contributed by atoms with Gasteiger partial charge in [-0.15, -0.1) is 0 Å². The fourth-order valence-electron chi connectivity index (χ4n) is 3.34. The largest absolute Gasteiger partial charge is 0.359 e. The molecule has 0 bridgehead atoms. The number of aromatic amines is 1. The predicted octanol–water partition coefficient (Wildman–Crippen LogP) is 1.13. The van der Waals surface area contributed by atoms with E-state index < -0.39 is 6.04 Å². The second-order valence-corrected chi connectivity index (χ2v) is 6.74. The zero-order chi connectivity index (χ0) is 18.7. The number of nitrogens with zero attached hydrogens (tertiary/aromatic N) is 2. The van der Waals surface area contributed by atoms with Gasteiger partial charge in [0, 0.05) is 37.8 Å². The highest BCUT2D eigenvalue weighted by Crippen LogP contribution is 2.27. The van der Waals surface area contributed by atoms with E-state index in [2.05, 4.69) is 52.9 Å². The number of H-pyrrole nitrogens is 1. The summed E-state index contributed by atoms with van der Waals surface area (Å²) in [4.78, 5) is 26.1. The van der Waals surface area contributed by atoms with Gasteiger partial charge in [-0.1, -0.05) is 17.7 Å². The summed E-state index contributed by atoms with van der Waals surface area (Å²) in [6.07, 6.45) is 1.96. The van der Waals surface area contributed by atoms with Crippen molar-refractivity contribution in [3.8, 4) is 11.3 Å². The molecule has 2 aromatic rings. The number of hydrogen-bond donors (Lipinski definition) is 3. The first-order chi connectivity index (χ1) is 12.5. The standard InChI is InChI=1S/C19H25N5O2/c1-12-4-5-13(2)15(8-12)18-14(10-22-23-18)11-24-7-6-21-19(26)16(24)9-17(25)20-3/h4-5,8,10,16H,6-7,9,11H2,1-3H3,(H,20,25)(H,21,26)(H,22,23)/t16-/m0/s1. The molecule has 138 valence electrons. The van der Waals surface area contributed by atoms with E-state index >= 15 is 0 Å². The fourth-order valence-corrected chi connectivity index (χ4v) is 3.34. The summed E-state index contributed by atoms with van der Waals surface area (Å²) < 4.78 is 0. The number of hydrogen-bond acceptors (Lipinski definition) is 4. The number of nitrogens with one attached hydrogen (secondary N) is 3. The molecule has 7 nitrogen and oxygen atoms in total. The van der Waals surface area contributed by atoms with Gasteiger partial charge >= 0.3 is 0 Å². The molecule has 26 heavy (non-hydrogen) atoms. The van der Waals surface area contributed by atoms with Crippen molar-refractivity contribution < 1.29 is 9.59 Å². The van der Waals surface area contributed by atoms with Gasteiger partial charge in [0.15, 0.2) is 0 Å². The van der Waals surface area contributed by atoms with Crippen molar-refractivity contribution in [2.45, 2.75) is 32.9 Å². The van der Waals surface area contributed by atoms with Gasteiger partial charge in [0.25, 0.3) is 0 Å². The van der Waals surface area contributed by atoms with Crippen molar-refractivity contribution in [2.24, 2.45) is 0 Å². The van der Waals surface area contributed by atoms with E-state index in [1.54, 1.807) is 13.2 Å². The lowest BCUT2D eigenvalue weighted by molar-refractivity contribution is -0.134. The maximum Gasteiger partial charge on any atom is 0.237 e. The van der Waals surface area contributed by atoms with Gasteiger partial charge in [0.05, 0.1) is 24.4 Å². The second kappa shape index (κ2) is 7.70. The zero-order valence-electron chi connectivity index (χ0n) is 15.4. The van der Waals surface area contributed by atoms with Crippen molar-refractivity contribution in [1.82, 2.24) is 25.7 Å². The Hall–Kier alpha value is -2.67. The lowest BCUT2D eigenvalue weighted by Gasteiger charge is -2.34. The molecule has 0 spiro atoms. The van der Waals surface area contributed by atoms with E-state index in [9.17, 15) is 9.59 Å². The SMILES string of the molecule is CNC(=O)C[C@H]1C(=O)NCCN1Cc1cn[nH]c1-c1cc(C)ccc1C. The number of benzene rings is 1. The van der Waals surface area contributed by atoms with Gasteiger partial charge in [-0.25, -0.2) is 0 Å². The summed E-state index contributed by atoms with van der Waals surface area (Å²) in [6.45, 7) is 5.98. The van der Waals surface area contributed by atoms with Gasteiger partial charge < -0.3 is 10.6 Å². The summed E-state index contributed by atoms with van der Waals surface area (Å²) in [5, 5.41) is 12.8. The molecule has 1 atom stereocenters. The highest BCUT2D eigenvalue weighted by molar-refractivity contribution is 5.88. The topological polar surface area (TPSA) is 90.1 Å². The van der Waals surface area contributed by atoms with Crippen molar-refractivity contribution in [3.63, 3.8) is 0 Å². The van der Waals surface area contributed by atoms with Crippen LogP contribution in [0, 0.1) is 13.8 Å². The molecule has 1 fully saturated rings. The number of aromatic nitrogens is 2. The van der Waals surface area contributed by atoms with Crippen molar-refractivity contribution in [2.75, 3.05) is 20.1 Å². The molecule has 3 N–H and O–H groups in total. The zero-order valence-corrected chi connectivity index (χ0v) is 15.4. The normalized spacial score (nSPS) is 17.8. The molecule has 1 aliphatic rings. The van der Waals surface area contributed by atoms with Crippen LogP contribution in [0.1, 0.15) is 23.1 Å². The van der Waals surface area contributed by atoms with Crippen molar-refractivity contribution in [3.05, 3.63) is 41.1 Å². The smallest absolute Gasteiger partial charge is 0.237 e. The Morgan fingerprint density at radius 1 is 1.38 bits per heavy atom. The number of rotatable bonds is 5. The van der Waals surface area contributed by atoms with Gasteiger partial charge in [-0.05, 0) is 25.5 Å². The third kappa shape index (κ3) is 3.77. The molecular weight excluding hydrogens is 330 g/mol. The molecule has 0 radical (unpaired) electrons. The van der Waals surface area contributed by atoms with E-state index in [-0.39, 0.29) is 18.2 Å². The molecule has 1 aromatic heterocycles. The lowest BCUT2D eigenvalue weighted by Crippen LogP contribution is -2.56. The van der Waals surface area contributed by atoms with E-state index in [1.165, 1.54) is 11.1 Å². The monoisotopic (exact) mass is 355 g/mol. The van der Waals surface area contributed by atoms with Gasteiger partial charge in [0.1, 0.15) is 0 Å². The Bertz CT molecular complexity index is 814. The van der Waals surface area contributed by atoms with E-state index in [0.717, 1.165) is 16.8 Å². The van der Waals surface area contributed by atoms with Gasteiger partial charge in [-0.3, -0.25) is 19.6 Å². The van der Waals surface area contributed by atoms with Crippen LogP contribution in [-0.2, 0) is 16.1 Å². The Morgan fingerprint density at radius 3 is 2.96 bits per heavy atom. The quantitative estimate of drug-likeness (QED) is 0.750. The van der Waals surface area contributed by atoms with E-state index in [0.29, 0.717) is 19.6 Å². The average molecular weight is 355 g/mol. The van der Waals surface area contributed by atoms with Crippen LogP contribution in [0.5, 0.6) is 0 Å². The Morgan fingerprint density at radius 2 is 2.19 bits per heavy atom. The van der Waals surface area contributed by atoms with E-state index in [1.807, 2.05) is 4.90 Å². The van der Waals surface area contributed by atoms with Crippen LogP contribution in [0.3, 0.4) is 0 Å². The summed E-state index contributed by atoms with van der Waals surface area (Å²) in [6, 6.07) is 5.85. The molecule has 1 aromatic carbocycles.